The Bertz CT molecular complexity index is 1220. The van der Waals surface area contributed by atoms with E-state index >= 15 is 0 Å². The van der Waals surface area contributed by atoms with Crippen LogP contribution in [-0.2, 0) is 11.3 Å². The SMILES string of the molecule is CC#CCOC(=O)NCc1cc(-c2sc(-c3ccc(OC)c(OC)c3)nc2N2CCCCC2)n[nH]1. The molecule has 0 spiro atoms. The molecular weight excluding hydrogens is 466 g/mol. The van der Waals surface area contributed by atoms with E-state index < -0.39 is 6.09 Å². The largest absolute Gasteiger partial charge is 0.493 e. The minimum atomic E-state index is -0.522. The third-order valence-corrected chi connectivity index (χ3v) is 6.75. The maximum absolute atomic E-state index is 11.8. The van der Waals surface area contributed by atoms with Crippen LogP contribution in [0.2, 0.25) is 0 Å². The van der Waals surface area contributed by atoms with Crippen molar-refractivity contribution in [1.29, 1.82) is 0 Å². The van der Waals surface area contributed by atoms with E-state index in [9.17, 15) is 4.79 Å². The highest BCUT2D eigenvalue weighted by molar-refractivity contribution is 7.19. The first kappa shape index (κ1) is 24.4. The molecule has 1 amide bonds. The molecule has 1 aliphatic rings. The second kappa shape index (κ2) is 11.6. The van der Waals surface area contributed by atoms with Gasteiger partial charge in [0, 0.05) is 18.7 Å². The number of rotatable bonds is 8. The van der Waals surface area contributed by atoms with E-state index in [0.29, 0.717) is 11.5 Å². The number of H-pyrrole nitrogens is 1. The number of thiazole rings is 1. The molecule has 2 aromatic heterocycles. The number of hydrogen-bond donors (Lipinski definition) is 2. The van der Waals surface area contributed by atoms with Gasteiger partial charge in [0.1, 0.15) is 16.5 Å². The Kier molecular flexibility index (Phi) is 8.11. The number of piperidine rings is 1. The number of anilines is 1. The van der Waals surface area contributed by atoms with Crippen molar-refractivity contribution < 1.29 is 19.0 Å². The number of nitrogens with one attached hydrogen (secondary N) is 2. The van der Waals surface area contributed by atoms with Crippen LogP contribution in [0.1, 0.15) is 31.9 Å². The predicted octanol–water partition coefficient (Wildman–Crippen LogP) is 4.46. The number of methoxy groups -OCH3 is 2. The van der Waals surface area contributed by atoms with Crippen molar-refractivity contribution in [3.8, 4) is 44.5 Å². The first-order valence-corrected chi connectivity index (χ1v) is 12.3. The third kappa shape index (κ3) is 5.87. The van der Waals surface area contributed by atoms with Crippen molar-refractivity contribution in [3.63, 3.8) is 0 Å². The summed E-state index contributed by atoms with van der Waals surface area (Å²) in [6.07, 6.45) is 2.99. The van der Waals surface area contributed by atoms with Crippen molar-refractivity contribution in [2.75, 3.05) is 38.8 Å². The molecule has 2 N–H and O–H groups in total. The quantitative estimate of drug-likeness (QED) is 0.445. The van der Waals surface area contributed by atoms with Gasteiger partial charge in [-0.3, -0.25) is 5.10 Å². The number of aromatic nitrogens is 3. The molecule has 0 atom stereocenters. The molecule has 35 heavy (non-hydrogen) atoms. The Hall–Kier alpha value is -3.71. The van der Waals surface area contributed by atoms with Crippen molar-refractivity contribution in [3.05, 3.63) is 30.0 Å². The predicted molar refractivity (Wildman–Crippen MR) is 136 cm³/mol. The van der Waals surface area contributed by atoms with Gasteiger partial charge in [-0.2, -0.15) is 5.10 Å². The summed E-state index contributed by atoms with van der Waals surface area (Å²) in [5.74, 6) is 7.64. The highest BCUT2D eigenvalue weighted by Gasteiger charge is 2.23. The van der Waals surface area contributed by atoms with E-state index in [1.54, 1.807) is 32.5 Å². The first-order valence-electron chi connectivity index (χ1n) is 11.5. The van der Waals surface area contributed by atoms with Gasteiger partial charge in [0.15, 0.2) is 18.1 Å². The second-order valence-corrected chi connectivity index (χ2v) is 8.92. The molecule has 0 bridgehead atoms. The van der Waals surface area contributed by atoms with E-state index in [-0.39, 0.29) is 13.2 Å². The lowest BCUT2D eigenvalue weighted by Crippen LogP contribution is -2.30. The van der Waals surface area contributed by atoms with Crippen LogP contribution in [0.5, 0.6) is 11.5 Å². The smallest absolute Gasteiger partial charge is 0.408 e. The molecule has 0 unspecified atom stereocenters. The zero-order valence-electron chi connectivity index (χ0n) is 20.1. The lowest BCUT2D eigenvalue weighted by molar-refractivity contribution is 0.159. The van der Waals surface area contributed by atoms with Gasteiger partial charge in [0.05, 0.1) is 31.3 Å². The van der Waals surface area contributed by atoms with Gasteiger partial charge < -0.3 is 24.4 Å². The summed E-state index contributed by atoms with van der Waals surface area (Å²) in [5, 5.41) is 11.1. The number of nitrogens with zero attached hydrogens (tertiary/aromatic N) is 3. The van der Waals surface area contributed by atoms with Gasteiger partial charge in [0.25, 0.3) is 0 Å². The molecule has 3 aromatic rings. The summed E-state index contributed by atoms with van der Waals surface area (Å²) in [6, 6.07) is 7.75. The molecule has 1 aromatic carbocycles. The van der Waals surface area contributed by atoms with Crippen LogP contribution in [0.3, 0.4) is 0 Å². The average Bonchev–Trinajstić information content (AvgIpc) is 3.55. The van der Waals surface area contributed by atoms with E-state index in [2.05, 4.69) is 32.3 Å². The zero-order chi connectivity index (χ0) is 24.6. The van der Waals surface area contributed by atoms with Crippen molar-refractivity contribution in [2.45, 2.75) is 32.7 Å². The monoisotopic (exact) mass is 495 g/mol. The maximum Gasteiger partial charge on any atom is 0.408 e. The molecule has 0 radical (unpaired) electrons. The van der Waals surface area contributed by atoms with Gasteiger partial charge in [-0.25, -0.2) is 9.78 Å². The second-order valence-electron chi connectivity index (χ2n) is 7.92. The summed E-state index contributed by atoms with van der Waals surface area (Å²) in [6.45, 7) is 3.96. The van der Waals surface area contributed by atoms with Crippen LogP contribution in [0.25, 0.3) is 21.1 Å². The molecule has 184 valence electrons. The van der Waals surface area contributed by atoms with Crippen LogP contribution in [0.4, 0.5) is 10.6 Å². The fourth-order valence-corrected chi connectivity index (χ4v) is 4.90. The molecule has 10 heteroatoms. The lowest BCUT2D eigenvalue weighted by Gasteiger charge is -2.27. The van der Waals surface area contributed by atoms with E-state index in [1.807, 2.05) is 24.3 Å². The Morgan fingerprint density at radius 3 is 2.71 bits per heavy atom. The normalized spacial score (nSPS) is 13.1. The number of ether oxygens (including phenoxy) is 3. The molecule has 9 nitrogen and oxygen atoms in total. The van der Waals surface area contributed by atoms with Crippen molar-refractivity contribution in [1.82, 2.24) is 20.5 Å². The molecular formula is C25H29N5O4S. The number of benzene rings is 1. The summed E-state index contributed by atoms with van der Waals surface area (Å²) in [7, 11) is 3.25. The first-order chi connectivity index (χ1) is 17.1. The fourth-order valence-electron chi connectivity index (χ4n) is 3.85. The summed E-state index contributed by atoms with van der Waals surface area (Å²) < 4.78 is 15.9. The van der Waals surface area contributed by atoms with Crippen molar-refractivity contribution >= 4 is 23.2 Å². The topological polar surface area (TPSA) is 102 Å². The van der Waals surface area contributed by atoms with Crippen molar-refractivity contribution in [2.24, 2.45) is 0 Å². The minimum Gasteiger partial charge on any atom is -0.493 e. The van der Waals surface area contributed by atoms with Gasteiger partial charge >= 0.3 is 6.09 Å². The lowest BCUT2D eigenvalue weighted by atomic mass is 10.1. The van der Waals surface area contributed by atoms with Crippen LogP contribution in [0.15, 0.2) is 24.3 Å². The van der Waals surface area contributed by atoms with Crippen LogP contribution in [0, 0.1) is 11.8 Å². The molecule has 3 heterocycles. The standard InChI is InChI=1S/C25H29N5O4S/c1-4-5-13-34-25(31)26-16-18-15-19(29-28-18)22-23(30-11-7-6-8-12-30)27-24(35-22)17-9-10-20(32-2)21(14-17)33-3/h9-10,14-15H,6-8,11-13,16H2,1-3H3,(H,26,31)(H,28,29). The summed E-state index contributed by atoms with van der Waals surface area (Å²) >= 11 is 1.58. The maximum atomic E-state index is 11.8. The van der Waals surface area contributed by atoms with Gasteiger partial charge in [0.2, 0.25) is 0 Å². The molecule has 1 fully saturated rings. The third-order valence-electron chi connectivity index (χ3n) is 5.63. The molecule has 0 saturated carbocycles. The molecule has 4 rings (SSSR count). The number of amides is 1. The van der Waals surface area contributed by atoms with Gasteiger partial charge in [-0.1, -0.05) is 5.92 Å². The Labute approximate surface area is 208 Å². The van der Waals surface area contributed by atoms with E-state index in [0.717, 1.165) is 58.6 Å². The number of alkyl carbamates (subject to hydrolysis) is 1. The number of carbonyl (C=O) groups is 1. The van der Waals surface area contributed by atoms with Gasteiger partial charge in [-0.15, -0.1) is 17.3 Å². The summed E-state index contributed by atoms with van der Waals surface area (Å²) in [5.41, 5.74) is 2.51. The fraction of sp³-hybridized carbons (Fsp3) is 0.400. The van der Waals surface area contributed by atoms with E-state index in [1.165, 1.54) is 6.42 Å². The zero-order valence-corrected chi connectivity index (χ0v) is 21.0. The Balaban J connectivity index is 1.60. The molecule has 0 aliphatic carbocycles. The van der Waals surface area contributed by atoms with Gasteiger partial charge in [-0.05, 0) is 50.5 Å². The van der Waals surface area contributed by atoms with Crippen LogP contribution < -0.4 is 19.7 Å². The Morgan fingerprint density at radius 1 is 1.17 bits per heavy atom. The van der Waals surface area contributed by atoms with E-state index in [4.69, 9.17) is 19.2 Å². The minimum absolute atomic E-state index is 0.0650. The van der Waals surface area contributed by atoms with Crippen LogP contribution in [-0.4, -0.2) is 55.2 Å². The molecule has 1 saturated heterocycles. The summed E-state index contributed by atoms with van der Waals surface area (Å²) in [4.78, 5) is 20.2. The average molecular weight is 496 g/mol. The number of aromatic amines is 1. The number of carbonyl (C=O) groups excluding carboxylic acids is 1. The number of hydrogen-bond acceptors (Lipinski definition) is 8. The van der Waals surface area contributed by atoms with Crippen LogP contribution >= 0.6 is 11.3 Å². The molecule has 1 aliphatic heterocycles. The highest BCUT2D eigenvalue weighted by atomic mass is 32.1. The highest BCUT2D eigenvalue weighted by Crippen LogP contribution is 2.42. The Morgan fingerprint density at radius 2 is 1.97 bits per heavy atom.